The lowest BCUT2D eigenvalue weighted by molar-refractivity contribution is 0.414. The number of methoxy groups -OCH3 is 2. The molecular weight excluding hydrogens is 527 g/mol. The van der Waals surface area contributed by atoms with Crippen molar-refractivity contribution in [2.45, 2.75) is 11.8 Å². The highest BCUT2D eigenvalue weighted by Gasteiger charge is 2.28. The summed E-state index contributed by atoms with van der Waals surface area (Å²) >= 11 is 1.89. The maximum atomic E-state index is 9.92. The van der Waals surface area contributed by atoms with Gasteiger partial charge in [0.1, 0.15) is 23.0 Å². The van der Waals surface area contributed by atoms with Gasteiger partial charge in [0, 0.05) is 11.8 Å². The maximum Gasteiger partial charge on any atom is 0.192 e. The van der Waals surface area contributed by atoms with Crippen molar-refractivity contribution in [3.8, 4) is 23.0 Å². The first-order valence-electron chi connectivity index (χ1n) is 10.6. The van der Waals surface area contributed by atoms with Crippen molar-refractivity contribution in [1.82, 2.24) is 0 Å². The topological polar surface area (TPSA) is 47.9 Å². The van der Waals surface area contributed by atoms with E-state index in [0.717, 1.165) is 39.5 Å². The largest absolute Gasteiger partial charge is 0.508 e. The van der Waals surface area contributed by atoms with Gasteiger partial charge in [-0.15, -0.1) is 0 Å². The van der Waals surface area contributed by atoms with Crippen LogP contribution in [-0.4, -0.2) is 19.3 Å². The number of benzene rings is 4. The molecule has 0 saturated carbocycles. The Labute approximate surface area is 208 Å². The van der Waals surface area contributed by atoms with Gasteiger partial charge in [0.05, 0.1) is 14.2 Å². The number of phenols is 1. The van der Waals surface area contributed by atoms with E-state index in [1.807, 2.05) is 71.5 Å². The van der Waals surface area contributed by atoms with E-state index >= 15 is 0 Å². The summed E-state index contributed by atoms with van der Waals surface area (Å²) in [6.45, 7) is 0. The van der Waals surface area contributed by atoms with Crippen molar-refractivity contribution in [2.24, 2.45) is 0 Å². The molecule has 168 valence electrons. The van der Waals surface area contributed by atoms with E-state index in [9.17, 15) is 5.11 Å². The van der Waals surface area contributed by atoms with Crippen LogP contribution < -0.4 is 12.5 Å². The second-order valence-corrected chi connectivity index (χ2v) is 8.18. The molecule has 4 rings (SSSR count). The van der Waals surface area contributed by atoms with Crippen molar-refractivity contribution in [3.05, 3.63) is 119 Å². The lowest BCUT2D eigenvalue weighted by atomic mass is 9.73. The molecule has 4 nitrogen and oxygen atoms in total. The molecule has 0 radical (unpaired) electrons. The predicted octanol–water partition coefficient (Wildman–Crippen LogP) is 7.10. The molecule has 0 bridgehead atoms. The summed E-state index contributed by atoms with van der Waals surface area (Å²) in [5, 5.41) is 9.92. The third kappa shape index (κ3) is 5.25. The molecule has 4 aromatic rings. The van der Waals surface area contributed by atoms with E-state index < -0.39 is 0 Å². The normalized spacial score (nSPS) is 11.8. The fourth-order valence-electron chi connectivity index (χ4n) is 4.19. The van der Waals surface area contributed by atoms with Crippen molar-refractivity contribution < 1.29 is 17.6 Å². The van der Waals surface area contributed by atoms with Crippen LogP contribution in [0.25, 0.3) is 0 Å². The number of phenolic OH excluding ortho intramolecular Hbond substituents is 1. The van der Waals surface area contributed by atoms with Crippen molar-refractivity contribution >= 4 is 23.0 Å². The van der Waals surface area contributed by atoms with Crippen molar-refractivity contribution in [3.63, 3.8) is 0 Å². The zero-order valence-electron chi connectivity index (χ0n) is 18.4. The Bertz CT molecular complexity index is 1110. The van der Waals surface area contributed by atoms with Gasteiger partial charge < -0.3 is 17.6 Å². The van der Waals surface area contributed by atoms with Gasteiger partial charge in [0.25, 0.3) is 0 Å². The lowest BCUT2D eigenvalue weighted by Gasteiger charge is -2.30. The quantitative estimate of drug-likeness (QED) is 0.237. The standard InChI is InChI=1S/C28H25IO4/c1-31-24-13-5-20(6-14-24)28(21-7-15-25(32-2)16-8-21)27(19-3-11-23(30)12-4-19)22-9-17-26(33-29)18-10-22/h3-18,27-28,30H,1-2H3. The summed E-state index contributed by atoms with van der Waals surface area (Å²) in [6, 6.07) is 32.1. The number of halogens is 1. The van der Waals surface area contributed by atoms with Crippen LogP contribution in [0.3, 0.4) is 0 Å². The minimum Gasteiger partial charge on any atom is -0.508 e. The Hall–Kier alpha value is -3.19. The van der Waals surface area contributed by atoms with Gasteiger partial charge in [-0.1, -0.05) is 48.5 Å². The molecule has 0 aliphatic rings. The van der Waals surface area contributed by atoms with E-state index in [2.05, 4.69) is 36.4 Å². The maximum absolute atomic E-state index is 9.92. The third-order valence-electron chi connectivity index (χ3n) is 5.86. The number of rotatable bonds is 8. The van der Waals surface area contributed by atoms with E-state index in [1.54, 1.807) is 26.4 Å². The molecule has 0 amide bonds. The molecule has 0 aromatic heterocycles. The van der Waals surface area contributed by atoms with E-state index in [-0.39, 0.29) is 17.6 Å². The summed E-state index contributed by atoms with van der Waals surface area (Å²) in [5.74, 6) is 2.69. The van der Waals surface area contributed by atoms with Crippen LogP contribution in [0.4, 0.5) is 0 Å². The number of ether oxygens (including phenoxy) is 2. The van der Waals surface area contributed by atoms with Crippen molar-refractivity contribution in [1.29, 1.82) is 0 Å². The number of hydrogen-bond acceptors (Lipinski definition) is 4. The van der Waals surface area contributed by atoms with Crippen LogP contribution in [-0.2, 0) is 0 Å². The zero-order chi connectivity index (χ0) is 23.2. The lowest BCUT2D eigenvalue weighted by Crippen LogP contribution is -2.15. The highest BCUT2D eigenvalue weighted by atomic mass is 127. The first-order chi connectivity index (χ1) is 16.1. The smallest absolute Gasteiger partial charge is 0.192 e. The van der Waals surface area contributed by atoms with Gasteiger partial charge in [0.15, 0.2) is 23.0 Å². The van der Waals surface area contributed by atoms with Crippen LogP contribution in [0.1, 0.15) is 34.1 Å². The molecule has 5 heteroatoms. The average Bonchev–Trinajstić information content (AvgIpc) is 2.88. The number of aromatic hydroxyl groups is 1. The van der Waals surface area contributed by atoms with Crippen LogP contribution in [0, 0.1) is 0 Å². The molecule has 0 aliphatic carbocycles. The highest BCUT2D eigenvalue weighted by Crippen LogP contribution is 2.44. The average molecular weight is 552 g/mol. The Balaban J connectivity index is 1.90. The number of hydrogen-bond donors (Lipinski definition) is 1. The van der Waals surface area contributed by atoms with Crippen LogP contribution in [0.2, 0.25) is 0 Å². The van der Waals surface area contributed by atoms with Gasteiger partial charge in [-0.25, -0.2) is 0 Å². The summed E-state index contributed by atoms with van der Waals surface area (Å²) < 4.78 is 16.1. The minimum atomic E-state index is -0.00403. The Morgan fingerprint density at radius 1 is 0.515 bits per heavy atom. The predicted molar refractivity (Wildman–Crippen MR) is 139 cm³/mol. The molecule has 0 fully saturated rings. The summed E-state index contributed by atoms with van der Waals surface area (Å²) in [4.78, 5) is 0. The van der Waals surface area contributed by atoms with Gasteiger partial charge in [-0.2, -0.15) is 0 Å². The Morgan fingerprint density at radius 3 is 1.12 bits per heavy atom. The SMILES string of the molecule is COc1ccc(C(c2ccc(OC)cc2)C(c2ccc(O)cc2)c2ccc(OI)cc2)cc1. The van der Waals surface area contributed by atoms with E-state index in [0.29, 0.717) is 0 Å². The molecule has 0 heterocycles. The van der Waals surface area contributed by atoms with Gasteiger partial charge >= 0.3 is 0 Å². The summed E-state index contributed by atoms with van der Waals surface area (Å²) in [5.41, 5.74) is 4.57. The molecule has 0 saturated heterocycles. The molecule has 1 N–H and O–H groups in total. The molecule has 1 atom stereocenters. The molecule has 33 heavy (non-hydrogen) atoms. The van der Waals surface area contributed by atoms with Crippen LogP contribution in [0.5, 0.6) is 23.0 Å². The Kier molecular flexibility index (Phi) is 7.40. The molecule has 0 aliphatic heterocycles. The van der Waals surface area contributed by atoms with Gasteiger partial charge in [-0.3, -0.25) is 0 Å². The summed E-state index contributed by atoms with van der Waals surface area (Å²) in [6.07, 6.45) is 0. The fourth-order valence-corrected chi connectivity index (χ4v) is 4.48. The summed E-state index contributed by atoms with van der Waals surface area (Å²) in [7, 11) is 3.35. The minimum absolute atomic E-state index is 0.00403. The van der Waals surface area contributed by atoms with Gasteiger partial charge in [0.2, 0.25) is 0 Å². The molecule has 0 spiro atoms. The molecule has 1 unspecified atom stereocenters. The molecular formula is C28H25IO4. The van der Waals surface area contributed by atoms with E-state index in [4.69, 9.17) is 12.5 Å². The van der Waals surface area contributed by atoms with Crippen LogP contribution >= 0.6 is 23.0 Å². The van der Waals surface area contributed by atoms with Crippen molar-refractivity contribution in [2.75, 3.05) is 14.2 Å². The second-order valence-electron chi connectivity index (χ2n) is 7.74. The molecule has 4 aromatic carbocycles. The third-order valence-corrected chi connectivity index (χ3v) is 6.37. The monoisotopic (exact) mass is 552 g/mol. The first-order valence-corrected chi connectivity index (χ1v) is 11.5. The van der Waals surface area contributed by atoms with E-state index in [1.165, 1.54) is 0 Å². The van der Waals surface area contributed by atoms with Crippen LogP contribution in [0.15, 0.2) is 97.1 Å². The zero-order valence-corrected chi connectivity index (χ0v) is 20.6. The first kappa shape index (κ1) is 23.0. The fraction of sp³-hybridized carbons (Fsp3) is 0.143. The highest BCUT2D eigenvalue weighted by molar-refractivity contribution is 14.1. The van der Waals surface area contributed by atoms with Gasteiger partial charge in [-0.05, 0) is 70.8 Å². The Morgan fingerprint density at radius 2 is 0.818 bits per heavy atom. The second kappa shape index (κ2) is 10.6.